The number of benzene rings is 1. The molecule has 3 nitrogen and oxygen atoms in total. The summed E-state index contributed by atoms with van der Waals surface area (Å²) < 4.78 is 0. The van der Waals surface area contributed by atoms with E-state index in [9.17, 15) is 0 Å². The van der Waals surface area contributed by atoms with Crippen LogP contribution in [-0.4, -0.2) is 11.5 Å². The zero-order chi connectivity index (χ0) is 13.0. The molecule has 0 unspecified atom stereocenters. The summed E-state index contributed by atoms with van der Waals surface area (Å²) >= 11 is 6.18. The third kappa shape index (κ3) is 3.14. The highest BCUT2D eigenvalue weighted by Crippen LogP contribution is 2.26. The van der Waals surface area contributed by atoms with E-state index in [2.05, 4.69) is 22.5 Å². The number of nitrogens with zero attached hydrogens (tertiary/aromatic N) is 1. The van der Waals surface area contributed by atoms with Gasteiger partial charge in [0.2, 0.25) is 0 Å². The van der Waals surface area contributed by atoms with E-state index in [1.54, 1.807) is 12.4 Å². The topological polar surface area (TPSA) is 37.0 Å². The molecule has 94 valence electrons. The summed E-state index contributed by atoms with van der Waals surface area (Å²) in [5.41, 5.74) is 3.94. The Morgan fingerprint density at radius 1 is 1.17 bits per heavy atom. The monoisotopic (exact) mass is 261 g/mol. The molecule has 0 saturated heterocycles. The van der Waals surface area contributed by atoms with E-state index in [1.165, 1.54) is 0 Å². The Labute approximate surface area is 112 Å². The van der Waals surface area contributed by atoms with Crippen molar-refractivity contribution in [3.63, 3.8) is 0 Å². The van der Waals surface area contributed by atoms with E-state index in [0.29, 0.717) is 5.02 Å². The van der Waals surface area contributed by atoms with Gasteiger partial charge in [-0.2, -0.15) is 0 Å². The van der Waals surface area contributed by atoms with Crippen LogP contribution in [0.1, 0.15) is 12.5 Å². The molecule has 0 aliphatic rings. The Morgan fingerprint density at radius 3 is 2.67 bits per heavy atom. The quantitative estimate of drug-likeness (QED) is 0.865. The first-order valence-corrected chi connectivity index (χ1v) is 6.29. The second-order valence-corrected chi connectivity index (χ2v) is 4.51. The van der Waals surface area contributed by atoms with Gasteiger partial charge in [0.1, 0.15) is 0 Å². The van der Waals surface area contributed by atoms with Gasteiger partial charge < -0.3 is 10.6 Å². The van der Waals surface area contributed by atoms with Gasteiger partial charge in [-0.15, -0.1) is 0 Å². The maximum atomic E-state index is 6.18. The fourth-order valence-corrected chi connectivity index (χ4v) is 1.97. The Kier molecular flexibility index (Phi) is 4.05. The Morgan fingerprint density at radius 2 is 1.94 bits per heavy atom. The molecule has 4 heteroatoms. The summed E-state index contributed by atoms with van der Waals surface area (Å²) in [4.78, 5) is 4.18. The average Bonchev–Trinajstić information content (AvgIpc) is 2.34. The van der Waals surface area contributed by atoms with Crippen molar-refractivity contribution < 1.29 is 0 Å². The molecule has 0 aliphatic carbocycles. The first-order valence-electron chi connectivity index (χ1n) is 5.91. The van der Waals surface area contributed by atoms with Crippen LogP contribution >= 0.6 is 11.6 Å². The molecule has 0 radical (unpaired) electrons. The maximum absolute atomic E-state index is 6.18. The number of halogens is 1. The third-order valence-electron chi connectivity index (χ3n) is 2.52. The van der Waals surface area contributed by atoms with Crippen molar-refractivity contribution in [2.45, 2.75) is 13.8 Å². The van der Waals surface area contributed by atoms with Crippen LogP contribution in [0.4, 0.5) is 17.1 Å². The number of aryl methyl sites for hydroxylation is 1. The number of rotatable bonds is 4. The number of hydrogen-bond acceptors (Lipinski definition) is 3. The minimum atomic E-state index is 0.712. The molecule has 0 bridgehead atoms. The highest BCUT2D eigenvalue weighted by Gasteiger charge is 2.02. The lowest BCUT2D eigenvalue weighted by Crippen LogP contribution is -1.98. The van der Waals surface area contributed by atoms with E-state index in [-0.39, 0.29) is 0 Å². The fraction of sp³-hybridized carbons (Fsp3) is 0.214. The van der Waals surface area contributed by atoms with Crippen LogP contribution in [0.25, 0.3) is 0 Å². The molecular weight excluding hydrogens is 246 g/mol. The largest absolute Gasteiger partial charge is 0.384 e. The zero-order valence-electron chi connectivity index (χ0n) is 10.5. The summed E-state index contributed by atoms with van der Waals surface area (Å²) in [6.45, 7) is 4.94. The van der Waals surface area contributed by atoms with Gasteiger partial charge >= 0.3 is 0 Å². The van der Waals surface area contributed by atoms with Crippen molar-refractivity contribution in [1.82, 2.24) is 4.98 Å². The van der Waals surface area contributed by atoms with Crippen molar-refractivity contribution in [1.29, 1.82) is 0 Å². The molecule has 0 atom stereocenters. The predicted molar refractivity (Wildman–Crippen MR) is 77.9 cm³/mol. The van der Waals surface area contributed by atoms with Gasteiger partial charge in [-0.05, 0) is 37.6 Å². The van der Waals surface area contributed by atoms with E-state index in [4.69, 9.17) is 11.6 Å². The lowest BCUT2D eigenvalue weighted by Gasteiger charge is -2.10. The fourth-order valence-electron chi connectivity index (χ4n) is 1.69. The maximum Gasteiger partial charge on any atom is 0.0643 e. The van der Waals surface area contributed by atoms with Gasteiger partial charge in [0, 0.05) is 6.54 Å². The molecule has 0 aliphatic heterocycles. The molecule has 0 fully saturated rings. The number of hydrogen-bond donors (Lipinski definition) is 2. The van der Waals surface area contributed by atoms with Crippen molar-refractivity contribution >= 4 is 28.7 Å². The average molecular weight is 262 g/mol. The van der Waals surface area contributed by atoms with Crippen LogP contribution in [0.15, 0.2) is 36.7 Å². The Hall–Kier alpha value is -1.74. The number of aromatic nitrogens is 1. The molecule has 1 heterocycles. The number of nitrogens with one attached hydrogen (secondary N) is 2. The molecule has 2 aromatic rings. The lowest BCUT2D eigenvalue weighted by molar-refractivity contribution is 1.19. The first kappa shape index (κ1) is 12.7. The van der Waals surface area contributed by atoms with Gasteiger partial charge in [0.05, 0.1) is 34.5 Å². The first-order chi connectivity index (χ1) is 8.69. The summed E-state index contributed by atoms with van der Waals surface area (Å²) in [6.07, 6.45) is 3.57. The molecule has 1 aromatic carbocycles. The number of anilines is 3. The van der Waals surface area contributed by atoms with Crippen LogP contribution in [-0.2, 0) is 0 Å². The summed E-state index contributed by atoms with van der Waals surface area (Å²) in [7, 11) is 0. The minimum Gasteiger partial charge on any atom is -0.384 e. The van der Waals surface area contributed by atoms with E-state index >= 15 is 0 Å². The Balaban J connectivity index is 2.20. The standard InChI is InChI=1S/C14H16ClN3/c1-3-17-11-7-12(9-16-8-11)18-14-5-4-10(2)6-13(14)15/h4-9,17-18H,3H2,1-2H3. The third-order valence-corrected chi connectivity index (χ3v) is 2.84. The smallest absolute Gasteiger partial charge is 0.0643 e. The molecular formula is C14H16ClN3. The van der Waals surface area contributed by atoms with Crippen molar-refractivity contribution in [2.24, 2.45) is 0 Å². The molecule has 0 spiro atoms. The predicted octanol–water partition coefficient (Wildman–Crippen LogP) is 4.22. The van der Waals surface area contributed by atoms with Gasteiger partial charge in [-0.25, -0.2) is 0 Å². The second kappa shape index (κ2) is 5.74. The molecule has 2 N–H and O–H groups in total. The highest BCUT2D eigenvalue weighted by molar-refractivity contribution is 6.33. The minimum absolute atomic E-state index is 0.712. The molecule has 0 amide bonds. The lowest BCUT2D eigenvalue weighted by atomic mass is 10.2. The van der Waals surface area contributed by atoms with Crippen LogP contribution in [0.3, 0.4) is 0 Å². The van der Waals surface area contributed by atoms with Crippen molar-refractivity contribution in [3.05, 3.63) is 47.2 Å². The van der Waals surface area contributed by atoms with Crippen LogP contribution in [0.5, 0.6) is 0 Å². The molecule has 18 heavy (non-hydrogen) atoms. The van der Waals surface area contributed by atoms with Gasteiger partial charge in [0.15, 0.2) is 0 Å². The summed E-state index contributed by atoms with van der Waals surface area (Å²) in [5.74, 6) is 0. The molecule has 2 rings (SSSR count). The SMILES string of the molecule is CCNc1cncc(Nc2ccc(C)cc2Cl)c1. The van der Waals surface area contributed by atoms with E-state index in [1.807, 2.05) is 31.2 Å². The Bertz CT molecular complexity index is 540. The van der Waals surface area contributed by atoms with Crippen LogP contribution in [0.2, 0.25) is 5.02 Å². The molecule has 1 aromatic heterocycles. The van der Waals surface area contributed by atoms with Gasteiger partial charge in [-0.3, -0.25) is 4.98 Å². The van der Waals surface area contributed by atoms with Crippen molar-refractivity contribution in [2.75, 3.05) is 17.2 Å². The summed E-state index contributed by atoms with van der Waals surface area (Å²) in [6, 6.07) is 7.94. The van der Waals surface area contributed by atoms with Crippen molar-refractivity contribution in [3.8, 4) is 0 Å². The van der Waals surface area contributed by atoms with Crippen LogP contribution in [0, 0.1) is 6.92 Å². The number of pyridine rings is 1. The normalized spacial score (nSPS) is 10.2. The van der Waals surface area contributed by atoms with E-state index in [0.717, 1.165) is 29.2 Å². The van der Waals surface area contributed by atoms with Crippen LogP contribution < -0.4 is 10.6 Å². The van der Waals surface area contributed by atoms with Gasteiger partial charge in [0.25, 0.3) is 0 Å². The van der Waals surface area contributed by atoms with Gasteiger partial charge in [-0.1, -0.05) is 17.7 Å². The highest BCUT2D eigenvalue weighted by atomic mass is 35.5. The zero-order valence-corrected chi connectivity index (χ0v) is 11.3. The summed E-state index contributed by atoms with van der Waals surface area (Å²) in [5, 5.41) is 7.20. The molecule has 0 saturated carbocycles. The second-order valence-electron chi connectivity index (χ2n) is 4.10. The van der Waals surface area contributed by atoms with E-state index < -0.39 is 0 Å².